The Morgan fingerprint density at radius 3 is 2.46 bits per heavy atom. The van der Waals surface area contributed by atoms with E-state index in [1.54, 1.807) is 7.05 Å². The Hall–Kier alpha value is -2.10. The predicted molar refractivity (Wildman–Crippen MR) is 95.9 cm³/mol. The Morgan fingerprint density at radius 1 is 1.25 bits per heavy atom. The topological polar surface area (TPSA) is 115 Å². The minimum atomic E-state index is -0.368. The SMILES string of the molecule is CC(C)=CCN1c2c(n(C)c(=O)n(C)c2=O)NC1N(CN)CCN. The molecule has 5 N–H and O–H groups in total. The van der Waals surface area contributed by atoms with Crippen molar-refractivity contribution >= 4 is 11.5 Å². The quantitative estimate of drug-likeness (QED) is 0.438. The lowest BCUT2D eigenvalue weighted by atomic mass is 10.3. The fourth-order valence-corrected chi connectivity index (χ4v) is 2.81. The molecule has 0 aromatic carbocycles. The molecule has 0 spiro atoms. The van der Waals surface area contributed by atoms with Crippen molar-refractivity contribution in [2.45, 2.75) is 20.1 Å². The van der Waals surface area contributed by atoms with E-state index in [1.807, 2.05) is 29.7 Å². The number of hydrogen-bond acceptors (Lipinski definition) is 7. The van der Waals surface area contributed by atoms with Gasteiger partial charge in [0.25, 0.3) is 5.56 Å². The summed E-state index contributed by atoms with van der Waals surface area (Å²) in [6.45, 7) is 5.82. The maximum absolute atomic E-state index is 12.7. The fourth-order valence-electron chi connectivity index (χ4n) is 2.81. The lowest BCUT2D eigenvalue weighted by Gasteiger charge is -2.34. The molecule has 2 heterocycles. The van der Waals surface area contributed by atoms with E-state index in [9.17, 15) is 9.59 Å². The number of anilines is 2. The molecule has 1 atom stereocenters. The van der Waals surface area contributed by atoms with E-state index in [4.69, 9.17) is 11.5 Å². The number of hydrogen-bond donors (Lipinski definition) is 3. The second-order valence-electron chi connectivity index (χ2n) is 6.14. The molecule has 0 fully saturated rings. The summed E-state index contributed by atoms with van der Waals surface area (Å²) in [5, 5.41) is 3.26. The van der Waals surface area contributed by atoms with Crippen LogP contribution >= 0.6 is 0 Å². The lowest BCUT2D eigenvalue weighted by Crippen LogP contribution is -2.54. The highest BCUT2D eigenvalue weighted by molar-refractivity contribution is 5.72. The first kappa shape index (κ1) is 18.2. The maximum Gasteiger partial charge on any atom is 0.332 e. The van der Waals surface area contributed by atoms with Gasteiger partial charge in [-0.1, -0.05) is 11.6 Å². The van der Waals surface area contributed by atoms with Crippen molar-refractivity contribution < 1.29 is 0 Å². The van der Waals surface area contributed by atoms with Crippen LogP contribution in [0.3, 0.4) is 0 Å². The smallest absolute Gasteiger partial charge is 0.332 e. The van der Waals surface area contributed by atoms with Crippen LogP contribution in [0.2, 0.25) is 0 Å². The highest BCUT2D eigenvalue weighted by atomic mass is 16.2. The zero-order valence-corrected chi connectivity index (χ0v) is 14.7. The summed E-state index contributed by atoms with van der Waals surface area (Å²) in [6, 6.07) is 0. The van der Waals surface area contributed by atoms with Crippen molar-refractivity contribution in [3.05, 3.63) is 32.5 Å². The highest BCUT2D eigenvalue weighted by Gasteiger charge is 2.36. The molecular formula is C15H27N7O2. The van der Waals surface area contributed by atoms with Crippen molar-refractivity contribution in [2.24, 2.45) is 25.6 Å². The van der Waals surface area contributed by atoms with E-state index >= 15 is 0 Å². The van der Waals surface area contributed by atoms with Gasteiger partial charge in [0.15, 0.2) is 6.29 Å². The van der Waals surface area contributed by atoms with Gasteiger partial charge in [0.2, 0.25) is 0 Å². The summed E-state index contributed by atoms with van der Waals surface area (Å²) in [5.74, 6) is 0.505. The average molecular weight is 337 g/mol. The molecule has 0 bridgehead atoms. The van der Waals surface area contributed by atoms with Crippen molar-refractivity contribution in [3.8, 4) is 0 Å². The first-order chi connectivity index (χ1) is 11.3. The van der Waals surface area contributed by atoms with Crippen LogP contribution in [-0.2, 0) is 14.1 Å². The number of aromatic nitrogens is 2. The molecule has 9 heteroatoms. The van der Waals surface area contributed by atoms with Gasteiger partial charge in [-0.3, -0.25) is 18.8 Å². The number of rotatable bonds is 6. The molecule has 0 saturated carbocycles. The standard InChI is InChI=1S/C15H27N7O2/c1-10(2)5-7-22-11-12(18-14(22)21(9-17)8-6-16)19(3)15(24)20(4)13(11)23/h5,14,18H,6-9,16-17H2,1-4H3. The Morgan fingerprint density at radius 2 is 1.92 bits per heavy atom. The van der Waals surface area contributed by atoms with Gasteiger partial charge in [0.1, 0.15) is 11.5 Å². The van der Waals surface area contributed by atoms with Crippen LogP contribution in [0.15, 0.2) is 21.2 Å². The van der Waals surface area contributed by atoms with Crippen molar-refractivity contribution in [1.29, 1.82) is 0 Å². The van der Waals surface area contributed by atoms with Gasteiger partial charge in [-0.05, 0) is 13.8 Å². The third-order valence-electron chi connectivity index (χ3n) is 4.18. The number of nitrogens with two attached hydrogens (primary N) is 2. The molecule has 1 aliphatic rings. The molecule has 134 valence electrons. The van der Waals surface area contributed by atoms with E-state index in [2.05, 4.69) is 5.32 Å². The molecule has 1 aromatic heterocycles. The summed E-state index contributed by atoms with van der Waals surface area (Å²) < 4.78 is 2.57. The molecule has 24 heavy (non-hydrogen) atoms. The predicted octanol–water partition coefficient (Wildman–Crippen LogP) is -1.26. The highest BCUT2D eigenvalue weighted by Crippen LogP contribution is 2.30. The molecule has 0 radical (unpaired) electrons. The van der Waals surface area contributed by atoms with Crippen LogP contribution in [0.1, 0.15) is 13.8 Å². The van der Waals surface area contributed by atoms with Crippen molar-refractivity contribution in [2.75, 3.05) is 36.5 Å². The molecule has 0 aliphatic carbocycles. The van der Waals surface area contributed by atoms with Crippen LogP contribution < -0.4 is 32.9 Å². The monoisotopic (exact) mass is 337 g/mol. The van der Waals surface area contributed by atoms with Gasteiger partial charge in [0.05, 0.1) is 0 Å². The molecule has 1 unspecified atom stereocenters. The Kier molecular flexibility index (Phi) is 5.47. The summed E-state index contributed by atoms with van der Waals surface area (Å²) in [5.41, 5.74) is 12.5. The Balaban J connectivity index is 2.59. The second-order valence-corrected chi connectivity index (χ2v) is 6.14. The fraction of sp³-hybridized carbons (Fsp3) is 0.600. The summed E-state index contributed by atoms with van der Waals surface area (Å²) in [4.78, 5) is 28.7. The first-order valence-corrected chi connectivity index (χ1v) is 7.94. The average Bonchev–Trinajstić information content (AvgIpc) is 2.93. The van der Waals surface area contributed by atoms with E-state index in [0.717, 1.165) is 10.1 Å². The molecule has 9 nitrogen and oxygen atoms in total. The first-order valence-electron chi connectivity index (χ1n) is 7.94. The van der Waals surface area contributed by atoms with Crippen molar-refractivity contribution in [1.82, 2.24) is 14.0 Å². The zero-order valence-electron chi connectivity index (χ0n) is 14.7. The van der Waals surface area contributed by atoms with Crippen LogP contribution in [0, 0.1) is 0 Å². The lowest BCUT2D eigenvalue weighted by molar-refractivity contribution is 0.227. The van der Waals surface area contributed by atoms with Gasteiger partial charge in [-0.2, -0.15) is 0 Å². The summed E-state index contributed by atoms with van der Waals surface area (Å²) in [7, 11) is 3.13. The van der Waals surface area contributed by atoms with E-state index in [0.29, 0.717) is 31.1 Å². The molecule has 0 saturated heterocycles. The second kappa shape index (κ2) is 7.20. The van der Waals surface area contributed by atoms with Crippen LogP contribution in [-0.4, -0.2) is 46.6 Å². The van der Waals surface area contributed by atoms with Gasteiger partial charge in [0, 0.05) is 40.4 Å². The van der Waals surface area contributed by atoms with Crippen LogP contribution in [0.25, 0.3) is 0 Å². The Labute approximate surface area is 141 Å². The van der Waals surface area contributed by atoms with Crippen molar-refractivity contribution in [3.63, 3.8) is 0 Å². The molecule has 2 rings (SSSR count). The molecule has 1 aliphatic heterocycles. The van der Waals surface area contributed by atoms with E-state index in [1.165, 1.54) is 11.6 Å². The Bertz CT molecular complexity index is 745. The largest absolute Gasteiger partial charge is 0.337 e. The van der Waals surface area contributed by atoms with Gasteiger partial charge >= 0.3 is 5.69 Å². The number of allylic oxidation sites excluding steroid dienone is 1. The molecule has 0 amide bonds. The van der Waals surface area contributed by atoms with Gasteiger partial charge in [-0.25, -0.2) is 4.79 Å². The minimum absolute atomic E-state index is 0.280. The third kappa shape index (κ3) is 3.10. The number of nitrogens with one attached hydrogen (secondary N) is 1. The summed E-state index contributed by atoms with van der Waals surface area (Å²) >= 11 is 0. The van der Waals surface area contributed by atoms with E-state index in [-0.39, 0.29) is 24.2 Å². The van der Waals surface area contributed by atoms with Gasteiger partial charge in [-0.15, -0.1) is 0 Å². The normalized spacial score (nSPS) is 16.3. The summed E-state index contributed by atoms with van der Waals surface area (Å²) in [6.07, 6.45) is 1.70. The van der Waals surface area contributed by atoms with Crippen LogP contribution in [0.5, 0.6) is 0 Å². The number of fused-ring (bicyclic) bond motifs is 1. The van der Waals surface area contributed by atoms with Gasteiger partial charge < -0.3 is 21.7 Å². The van der Waals surface area contributed by atoms with Crippen LogP contribution in [0.4, 0.5) is 11.5 Å². The molecular weight excluding hydrogens is 310 g/mol. The maximum atomic E-state index is 12.7. The zero-order chi connectivity index (χ0) is 18.0. The molecule has 1 aromatic rings. The third-order valence-corrected chi connectivity index (χ3v) is 4.18. The van der Waals surface area contributed by atoms with E-state index < -0.39 is 0 Å². The number of nitrogens with zero attached hydrogens (tertiary/aromatic N) is 4. The minimum Gasteiger partial charge on any atom is -0.337 e.